The predicted octanol–water partition coefficient (Wildman–Crippen LogP) is -0.00150. The lowest BCUT2D eigenvalue weighted by Gasteiger charge is -2.34. The lowest BCUT2D eigenvalue weighted by Crippen LogP contribution is -2.51. The number of piperazine rings is 1. The fourth-order valence-corrected chi connectivity index (χ4v) is 2.07. The largest absolute Gasteiger partial charge is 0.356 e. The third-order valence-electron chi connectivity index (χ3n) is 3.27. The van der Waals surface area contributed by atoms with Gasteiger partial charge in [-0.05, 0) is 27.7 Å². The minimum Gasteiger partial charge on any atom is -0.356 e. The number of ether oxygens (including phenoxy) is 1. The zero-order chi connectivity index (χ0) is 16.8. The van der Waals surface area contributed by atoms with Crippen molar-refractivity contribution >= 4 is 17.6 Å². The topological polar surface area (TPSA) is 79.0 Å². The van der Waals surface area contributed by atoms with Crippen LogP contribution in [0.5, 0.6) is 0 Å². The second kappa shape index (κ2) is 8.24. The normalized spacial score (nSPS) is 16.5. The fraction of sp³-hybridized carbons (Fsp3) is 0.800. The molecule has 0 saturated carbocycles. The molecule has 0 aromatic rings. The van der Waals surface area contributed by atoms with E-state index in [4.69, 9.17) is 4.74 Å². The molecule has 0 aromatic carbocycles. The molecule has 126 valence electrons. The van der Waals surface area contributed by atoms with Crippen molar-refractivity contribution < 1.29 is 19.1 Å². The highest BCUT2D eigenvalue weighted by Crippen LogP contribution is 2.05. The average molecular weight is 313 g/mol. The average Bonchev–Trinajstić information content (AvgIpc) is 2.37. The van der Waals surface area contributed by atoms with Gasteiger partial charge in [-0.25, -0.2) is 0 Å². The van der Waals surface area contributed by atoms with Crippen LogP contribution in [0.15, 0.2) is 0 Å². The van der Waals surface area contributed by atoms with Gasteiger partial charge in [0.25, 0.3) is 0 Å². The van der Waals surface area contributed by atoms with E-state index in [-0.39, 0.29) is 36.4 Å². The molecule has 0 bridgehead atoms. The van der Waals surface area contributed by atoms with E-state index < -0.39 is 0 Å². The first-order valence-electron chi connectivity index (χ1n) is 7.57. The van der Waals surface area contributed by atoms with Crippen LogP contribution in [0.4, 0.5) is 0 Å². The van der Waals surface area contributed by atoms with Gasteiger partial charge in [-0.15, -0.1) is 0 Å². The number of amides is 2. The summed E-state index contributed by atoms with van der Waals surface area (Å²) < 4.78 is 5.44. The van der Waals surface area contributed by atoms with Crippen LogP contribution in [0.25, 0.3) is 0 Å². The van der Waals surface area contributed by atoms with Crippen molar-refractivity contribution in [3.63, 3.8) is 0 Å². The summed E-state index contributed by atoms with van der Waals surface area (Å²) in [6, 6.07) is 0. The van der Waals surface area contributed by atoms with Crippen molar-refractivity contribution in [2.45, 2.75) is 39.7 Å². The maximum absolute atomic E-state index is 11.8. The van der Waals surface area contributed by atoms with Gasteiger partial charge in [-0.1, -0.05) is 0 Å². The van der Waals surface area contributed by atoms with Crippen LogP contribution in [-0.2, 0) is 19.1 Å². The van der Waals surface area contributed by atoms with Gasteiger partial charge >= 0.3 is 0 Å². The summed E-state index contributed by atoms with van der Waals surface area (Å²) in [7, 11) is 0. The Balaban J connectivity index is 2.23. The number of hydrogen-bond acceptors (Lipinski definition) is 5. The number of hydrogen-bond donors (Lipinski definition) is 1. The number of nitrogens with zero attached hydrogens (tertiary/aromatic N) is 2. The van der Waals surface area contributed by atoms with Crippen molar-refractivity contribution in [1.82, 2.24) is 15.1 Å². The van der Waals surface area contributed by atoms with Gasteiger partial charge in [0.05, 0.1) is 18.6 Å². The molecule has 7 nitrogen and oxygen atoms in total. The van der Waals surface area contributed by atoms with Crippen LogP contribution in [0, 0.1) is 0 Å². The van der Waals surface area contributed by atoms with Crippen molar-refractivity contribution in [2.24, 2.45) is 0 Å². The molecule has 1 N–H and O–H groups in total. The summed E-state index contributed by atoms with van der Waals surface area (Å²) in [5.74, 6) is -0.339. The highest BCUT2D eigenvalue weighted by atomic mass is 16.5. The zero-order valence-electron chi connectivity index (χ0n) is 14.0. The second-order valence-electron chi connectivity index (χ2n) is 6.54. The molecular weight excluding hydrogens is 286 g/mol. The molecule has 1 rings (SSSR count). The molecule has 1 saturated heterocycles. The molecular formula is C15H27N3O4. The molecule has 1 fully saturated rings. The van der Waals surface area contributed by atoms with E-state index in [9.17, 15) is 14.4 Å². The standard InChI is InChI=1S/C15H27N3O4/c1-12(19)9-14(21)18-7-5-17(6-8-18)10-13(20)16-11-22-15(2,3)4/h5-11H2,1-4H3,(H,16,20). The van der Waals surface area contributed by atoms with Crippen molar-refractivity contribution in [2.75, 3.05) is 39.5 Å². The summed E-state index contributed by atoms with van der Waals surface area (Å²) in [5.41, 5.74) is -0.282. The van der Waals surface area contributed by atoms with Crippen LogP contribution < -0.4 is 5.32 Å². The van der Waals surface area contributed by atoms with Crippen molar-refractivity contribution in [1.29, 1.82) is 0 Å². The van der Waals surface area contributed by atoms with Gasteiger partial charge in [0.1, 0.15) is 12.5 Å². The summed E-state index contributed by atoms with van der Waals surface area (Å²) in [6.45, 7) is 10.1. The van der Waals surface area contributed by atoms with E-state index in [1.165, 1.54) is 6.92 Å². The van der Waals surface area contributed by atoms with Gasteiger partial charge in [-0.3, -0.25) is 19.3 Å². The highest BCUT2D eigenvalue weighted by Gasteiger charge is 2.23. The predicted molar refractivity (Wildman–Crippen MR) is 82.2 cm³/mol. The minimum atomic E-state index is -0.282. The number of Topliss-reactive ketones (excluding diaryl/α,β-unsaturated/α-hetero) is 1. The monoisotopic (exact) mass is 313 g/mol. The molecule has 0 atom stereocenters. The molecule has 0 aliphatic carbocycles. The quantitative estimate of drug-likeness (QED) is 0.551. The maximum atomic E-state index is 11.8. The molecule has 7 heteroatoms. The van der Waals surface area contributed by atoms with Crippen LogP contribution in [0.3, 0.4) is 0 Å². The van der Waals surface area contributed by atoms with Crippen LogP contribution in [-0.4, -0.2) is 72.5 Å². The Hall–Kier alpha value is -1.47. The SMILES string of the molecule is CC(=O)CC(=O)N1CCN(CC(=O)NCOC(C)(C)C)CC1. The third-order valence-corrected chi connectivity index (χ3v) is 3.27. The molecule has 0 spiro atoms. The fourth-order valence-electron chi connectivity index (χ4n) is 2.07. The first kappa shape index (κ1) is 18.6. The van der Waals surface area contributed by atoms with Crippen LogP contribution in [0.1, 0.15) is 34.1 Å². The first-order valence-corrected chi connectivity index (χ1v) is 7.57. The summed E-state index contributed by atoms with van der Waals surface area (Å²) in [5, 5.41) is 2.72. The first-order chi connectivity index (χ1) is 10.2. The lowest BCUT2D eigenvalue weighted by atomic mass is 10.2. The molecule has 1 aliphatic heterocycles. The number of ketones is 1. The highest BCUT2D eigenvalue weighted by molar-refractivity contribution is 5.96. The Bertz CT molecular complexity index is 410. The van der Waals surface area contributed by atoms with Gasteiger partial charge < -0.3 is 15.0 Å². The summed E-state index contributed by atoms with van der Waals surface area (Å²) in [4.78, 5) is 38.2. The second-order valence-corrected chi connectivity index (χ2v) is 6.54. The van der Waals surface area contributed by atoms with E-state index in [2.05, 4.69) is 5.32 Å². The summed E-state index contributed by atoms with van der Waals surface area (Å²) >= 11 is 0. The Morgan fingerprint density at radius 2 is 1.68 bits per heavy atom. The molecule has 1 heterocycles. The molecule has 0 radical (unpaired) electrons. The van der Waals surface area contributed by atoms with E-state index in [1.807, 2.05) is 25.7 Å². The van der Waals surface area contributed by atoms with E-state index in [0.29, 0.717) is 32.7 Å². The number of rotatable bonds is 6. The Morgan fingerprint density at radius 3 is 2.18 bits per heavy atom. The molecule has 1 aliphatic rings. The molecule has 0 unspecified atom stereocenters. The lowest BCUT2D eigenvalue weighted by molar-refractivity contribution is -0.136. The third kappa shape index (κ3) is 7.51. The summed E-state index contributed by atoms with van der Waals surface area (Å²) in [6.07, 6.45) is -0.0371. The Morgan fingerprint density at radius 1 is 1.09 bits per heavy atom. The smallest absolute Gasteiger partial charge is 0.235 e. The van der Waals surface area contributed by atoms with Crippen LogP contribution >= 0.6 is 0 Å². The molecule has 2 amide bonds. The van der Waals surface area contributed by atoms with E-state index >= 15 is 0 Å². The minimum absolute atomic E-state index is 0.0371. The van der Waals surface area contributed by atoms with E-state index in [0.717, 1.165) is 0 Å². The number of carbonyl (C=O) groups excluding carboxylic acids is 3. The van der Waals surface area contributed by atoms with Crippen molar-refractivity contribution in [3.8, 4) is 0 Å². The number of carbonyl (C=O) groups is 3. The van der Waals surface area contributed by atoms with Gasteiger partial charge in [0.2, 0.25) is 11.8 Å². The van der Waals surface area contributed by atoms with Gasteiger partial charge in [-0.2, -0.15) is 0 Å². The number of nitrogens with one attached hydrogen (secondary N) is 1. The zero-order valence-corrected chi connectivity index (χ0v) is 14.0. The van der Waals surface area contributed by atoms with Gasteiger partial charge in [0.15, 0.2) is 0 Å². The molecule has 0 aromatic heterocycles. The Labute approximate surface area is 132 Å². The van der Waals surface area contributed by atoms with Gasteiger partial charge in [0, 0.05) is 26.2 Å². The Kier molecular flexibility index (Phi) is 6.96. The molecule has 22 heavy (non-hydrogen) atoms. The van der Waals surface area contributed by atoms with Crippen molar-refractivity contribution in [3.05, 3.63) is 0 Å². The maximum Gasteiger partial charge on any atom is 0.235 e. The van der Waals surface area contributed by atoms with E-state index in [1.54, 1.807) is 4.90 Å². The van der Waals surface area contributed by atoms with Crippen LogP contribution in [0.2, 0.25) is 0 Å².